The predicted molar refractivity (Wildman–Crippen MR) is 116 cm³/mol. The number of likely N-dealkylation sites (tertiary alicyclic amines) is 1. The summed E-state index contributed by atoms with van der Waals surface area (Å²) in [6, 6.07) is 13.4. The predicted octanol–water partition coefficient (Wildman–Crippen LogP) is 3.64. The summed E-state index contributed by atoms with van der Waals surface area (Å²) in [6.45, 7) is 2.70. The fourth-order valence-corrected chi connectivity index (χ4v) is 5.49. The van der Waals surface area contributed by atoms with Crippen LogP contribution in [0.15, 0.2) is 42.5 Å². The van der Waals surface area contributed by atoms with E-state index in [1.165, 1.54) is 0 Å². The van der Waals surface area contributed by atoms with Gasteiger partial charge in [0.1, 0.15) is 17.6 Å². The molecule has 3 atom stereocenters. The lowest BCUT2D eigenvalue weighted by Gasteiger charge is -2.48. The molecule has 0 unspecified atom stereocenters. The van der Waals surface area contributed by atoms with E-state index < -0.39 is 5.54 Å². The Balaban J connectivity index is 1.53. The standard InChI is InChI=1S/C25H28N2O4/c1-16-14-19-15-18(6-9-21(19)31-16)24(29)27-13-3-11-25(12-10-22(28)26-25)23(27)17-4-7-20(30-2)8-5-17/h4-9,15-16,23H,3,10-14H2,1-2H3,(H,26,28)/t16-,23+,25-/m0/s1. The molecule has 162 valence electrons. The second kappa shape index (κ2) is 7.59. The molecule has 3 aliphatic heterocycles. The van der Waals surface area contributed by atoms with Gasteiger partial charge in [0.25, 0.3) is 5.91 Å². The van der Waals surface area contributed by atoms with Crippen molar-refractivity contribution < 1.29 is 19.1 Å². The van der Waals surface area contributed by atoms with E-state index in [1.54, 1.807) is 7.11 Å². The number of fused-ring (bicyclic) bond motifs is 1. The molecule has 3 heterocycles. The molecular formula is C25H28N2O4. The SMILES string of the molecule is COc1ccc([C@H]2N(C(=O)c3ccc4c(c3)C[C@H](C)O4)CCC[C@]23CCC(=O)N3)cc1. The molecule has 1 N–H and O–H groups in total. The number of benzene rings is 2. The average Bonchev–Trinajstić information content (AvgIpc) is 3.34. The van der Waals surface area contributed by atoms with Crippen LogP contribution in [0, 0.1) is 0 Å². The summed E-state index contributed by atoms with van der Waals surface area (Å²) in [6.07, 6.45) is 3.93. The fraction of sp³-hybridized carbons (Fsp3) is 0.440. The van der Waals surface area contributed by atoms with E-state index in [0.717, 1.165) is 48.3 Å². The van der Waals surface area contributed by atoms with Crippen molar-refractivity contribution in [1.29, 1.82) is 0 Å². The Bertz CT molecular complexity index is 1020. The van der Waals surface area contributed by atoms with Gasteiger partial charge in [0, 0.05) is 24.9 Å². The number of carbonyl (C=O) groups is 2. The molecule has 3 aliphatic rings. The molecule has 0 aromatic heterocycles. The number of methoxy groups -OCH3 is 1. The van der Waals surface area contributed by atoms with Crippen molar-refractivity contribution >= 4 is 11.8 Å². The van der Waals surface area contributed by atoms with Gasteiger partial charge in [-0.1, -0.05) is 12.1 Å². The van der Waals surface area contributed by atoms with Crippen molar-refractivity contribution in [3.63, 3.8) is 0 Å². The first kappa shape index (κ1) is 19.9. The molecule has 2 amide bonds. The van der Waals surface area contributed by atoms with Gasteiger partial charge in [0.05, 0.1) is 18.7 Å². The molecule has 31 heavy (non-hydrogen) atoms. The normalized spacial score (nSPS) is 27.0. The highest BCUT2D eigenvalue weighted by atomic mass is 16.5. The van der Waals surface area contributed by atoms with E-state index in [1.807, 2.05) is 54.3 Å². The van der Waals surface area contributed by atoms with Crippen LogP contribution in [0.4, 0.5) is 0 Å². The Kier molecular flexibility index (Phi) is 4.88. The van der Waals surface area contributed by atoms with Crippen LogP contribution >= 0.6 is 0 Å². The lowest BCUT2D eigenvalue weighted by molar-refractivity contribution is -0.120. The zero-order valence-electron chi connectivity index (χ0n) is 18.0. The van der Waals surface area contributed by atoms with Crippen LogP contribution in [0.1, 0.15) is 60.1 Å². The first-order chi connectivity index (χ1) is 15.0. The van der Waals surface area contributed by atoms with Crippen LogP contribution < -0.4 is 14.8 Å². The number of hydrogen-bond acceptors (Lipinski definition) is 4. The van der Waals surface area contributed by atoms with Gasteiger partial charge in [0.2, 0.25) is 5.91 Å². The summed E-state index contributed by atoms with van der Waals surface area (Å²) >= 11 is 0. The van der Waals surface area contributed by atoms with E-state index in [2.05, 4.69) is 5.32 Å². The summed E-state index contributed by atoms with van der Waals surface area (Å²) in [5.74, 6) is 1.71. The summed E-state index contributed by atoms with van der Waals surface area (Å²) in [5, 5.41) is 3.25. The maximum absolute atomic E-state index is 13.8. The third kappa shape index (κ3) is 3.44. The largest absolute Gasteiger partial charge is 0.497 e. The van der Waals surface area contributed by atoms with Gasteiger partial charge in [-0.05, 0) is 67.6 Å². The second-order valence-electron chi connectivity index (χ2n) is 8.94. The number of carbonyl (C=O) groups excluding carboxylic acids is 2. The lowest BCUT2D eigenvalue weighted by atomic mass is 9.76. The Morgan fingerprint density at radius 3 is 2.71 bits per heavy atom. The molecule has 0 bridgehead atoms. The van der Waals surface area contributed by atoms with Gasteiger partial charge in [-0.2, -0.15) is 0 Å². The molecular weight excluding hydrogens is 392 g/mol. The van der Waals surface area contributed by atoms with Gasteiger partial charge in [-0.15, -0.1) is 0 Å². The highest BCUT2D eigenvalue weighted by Crippen LogP contribution is 2.45. The molecule has 2 fully saturated rings. The maximum Gasteiger partial charge on any atom is 0.254 e. The number of hydrogen-bond donors (Lipinski definition) is 1. The number of piperidine rings is 1. The van der Waals surface area contributed by atoms with Crippen molar-refractivity contribution in [1.82, 2.24) is 10.2 Å². The molecule has 2 aromatic rings. The number of ether oxygens (including phenoxy) is 2. The zero-order valence-corrected chi connectivity index (χ0v) is 18.0. The molecule has 2 aromatic carbocycles. The molecule has 6 heteroatoms. The van der Waals surface area contributed by atoms with Crippen molar-refractivity contribution in [2.75, 3.05) is 13.7 Å². The molecule has 1 spiro atoms. The van der Waals surface area contributed by atoms with Crippen LogP contribution in [-0.4, -0.2) is 42.0 Å². The molecule has 6 nitrogen and oxygen atoms in total. The van der Waals surface area contributed by atoms with Gasteiger partial charge < -0.3 is 19.7 Å². The van der Waals surface area contributed by atoms with Gasteiger partial charge in [-0.3, -0.25) is 9.59 Å². The Morgan fingerprint density at radius 1 is 1.19 bits per heavy atom. The van der Waals surface area contributed by atoms with E-state index in [-0.39, 0.29) is 24.0 Å². The number of nitrogens with zero attached hydrogens (tertiary/aromatic N) is 1. The molecule has 5 rings (SSSR count). The van der Waals surface area contributed by atoms with Gasteiger partial charge in [-0.25, -0.2) is 0 Å². The molecule has 0 radical (unpaired) electrons. The molecule has 0 aliphatic carbocycles. The quantitative estimate of drug-likeness (QED) is 0.823. The van der Waals surface area contributed by atoms with Crippen molar-refractivity contribution in [2.24, 2.45) is 0 Å². The number of rotatable bonds is 3. The minimum Gasteiger partial charge on any atom is -0.497 e. The Labute approximate surface area is 182 Å². The maximum atomic E-state index is 13.8. The average molecular weight is 421 g/mol. The van der Waals surface area contributed by atoms with Gasteiger partial charge in [0.15, 0.2) is 0 Å². The monoisotopic (exact) mass is 420 g/mol. The second-order valence-corrected chi connectivity index (χ2v) is 8.94. The van der Waals surface area contributed by atoms with Crippen LogP contribution in [0.5, 0.6) is 11.5 Å². The lowest BCUT2D eigenvalue weighted by Crippen LogP contribution is -2.58. The smallest absolute Gasteiger partial charge is 0.254 e. The summed E-state index contributed by atoms with van der Waals surface area (Å²) in [4.78, 5) is 28.0. The van der Waals surface area contributed by atoms with E-state index >= 15 is 0 Å². The Morgan fingerprint density at radius 2 is 2.00 bits per heavy atom. The fourth-order valence-electron chi connectivity index (χ4n) is 5.49. The topological polar surface area (TPSA) is 67.9 Å². The molecule has 2 saturated heterocycles. The third-order valence-corrected chi connectivity index (χ3v) is 6.88. The zero-order chi connectivity index (χ0) is 21.6. The first-order valence-corrected chi connectivity index (χ1v) is 11.0. The van der Waals surface area contributed by atoms with E-state index in [0.29, 0.717) is 18.5 Å². The highest BCUT2D eigenvalue weighted by Gasteiger charge is 2.50. The van der Waals surface area contributed by atoms with Crippen LogP contribution in [0.25, 0.3) is 0 Å². The Hall–Kier alpha value is -3.02. The number of nitrogens with one attached hydrogen (secondary N) is 1. The highest BCUT2D eigenvalue weighted by molar-refractivity contribution is 5.95. The summed E-state index contributed by atoms with van der Waals surface area (Å²) in [5.41, 5.74) is 2.36. The van der Waals surface area contributed by atoms with E-state index in [9.17, 15) is 9.59 Å². The van der Waals surface area contributed by atoms with Gasteiger partial charge >= 0.3 is 0 Å². The van der Waals surface area contributed by atoms with Crippen molar-refractivity contribution in [3.8, 4) is 11.5 Å². The molecule has 0 saturated carbocycles. The number of amides is 2. The summed E-state index contributed by atoms with van der Waals surface area (Å²) < 4.78 is 11.1. The van der Waals surface area contributed by atoms with Crippen molar-refractivity contribution in [3.05, 3.63) is 59.2 Å². The van der Waals surface area contributed by atoms with Crippen molar-refractivity contribution in [2.45, 2.75) is 56.7 Å². The third-order valence-electron chi connectivity index (χ3n) is 6.88. The van der Waals surface area contributed by atoms with Crippen LogP contribution in [0.2, 0.25) is 0 Å². The first-order valence-electron chi connectivity index (χ1n) is 11.0. The minimum absolute atomic E-state index is 0.00314. The van der Waals surface area contributed by atoms with Crippen LogP contribution in [0.3, 0.4) is 0 Å². The van der Waals surface area contributed by atoms with Crippen LogP contribution in [-0.2, 0) is 11.2 Å². The van der Waals surface area contributed by atoms with E-state index in [4.69, 9.17) is 9.47 Å². The summed E-state index contributed by atoms with van der Waals surface area (Å²) in [7, 11) is 1.64. The minimum atomic E-state index is -0.423.